The van der Waals surface area contributed by atoms with Crippen LogP contribution >= 0.6 is 11.3 Å². The van der Waals surface area contributed by atoms with Gasteiger partial charge in [-0.1, -0.05) is 48.5 Å². The molecule has 0 aliphatic heterocycles. The average Bonchev–Trinajstić information content (AvgIpc) is 3.27. The molecule has 3 aromatic carbocycles. The fraction of sp³-hybridized carbons (Fsp3) is 0.179. The van der Waals surface area contributed by atoms with E-state index < -0.39 is 29.7 Å². The van der Waals surface area contributed by atoms with Gasteiger partial charge in [0.1, 0.15) is 6.04 Å². The number of benzene rings is 3. The van der Waals surface area contributed by atoms with Crippen LogP contribution in [-0.4, -0.2) is 30.0 Å². The molecule has 6 nitrogen and oxygen atoms in total. The van der Waals surface area contributed by atoms with Gasteiger partial charge in [0.25, 0.3) is 5.91 Å². The molecule has 0 saturated heterocycles. The number of hydrogen-bond donors (Lipinski definition) is 2. The van der Waals surface area contributed by atoms with Crippen LogP contribution in [0.15, 0.2) is 78.9 Å². The molecule has 1 unspecified atom stereocenters. The lowest BCUT2D eigenvalue weighted by molar-refractivity contribution is -0.143. The van der Waals surface area contributed by atoms with Crippen molar-refractivity contribution in [1.29, 1.82) is 0 Å². The second-order valence-electron chi connectivity index (χ2n) is 8.44. The van der Waals surface area contributed by atoms with Crippen molar-refractivity contribution in [3.63, 3.8) is 0 Å². The second-order valence-corrected chi connectivity index (χ2v) is 9.65. The summed E-state index contributed by atoms with van der Waals surface area (Å²) < 4.78 is 43.5. The first-order valence-electron chi connectivity index (χ1n) is 11.6. The molecule has 0 aliphatic rings. The average molecular weight is 540 g/mol. The number of aryl methyl sites for hydroxylation is 1. The van der Waals surface area contributed by atoms with Gasteiger partial charge in [0, 0.05) is 28.1 Å². The van der Waals surface area contributed by atoms with Crippen LogP contribution in [0.25, 0.3) is 11.3 Å². The number of hydrogen-bond acceptors (Lipinski definition) is 6. The van der Waals surface area contributed by atoms with E-state index in [0.717, 1.165) is 22.6 Å². The molecule has 1 aromatic heterocycles. The first-order chi connectivity index (χ1) is 18.1. The van der Waals surface area contributed by atoms with Crippen molar-refractivity contribution >= 4 is 34.0 Å². The van der Waals surface area contributed by atoms with Crippen molar-refractivity contribution in [2.45, 2.75) is 25.6 Å². The molecule has 0 radical (unpaired) electrons. The Hall–Kier alpha value is -4.18. The van der Waals surface area contributed by atoms with Gasteiger partial charge in [-0.05, 0) is 42.8 Å². The van der Waals surface area contributed by atoms with E-state index in [1.807, 2.05) is 37.3 Å². The van der Waals surface area contributed by atoms with Crippen LogP contribution < -0.4 is 10.6 Å². The number of ether oxygens (including phenoxy) is 1. The van der Waals surface area contributed by atoms with Gasteiger partial charge in [-0.3, -0.25) is 4.79 Å². The molecular formula is C28H24F3N3O3S. The highest BCUT2D eigenvalue weighted by molar-refractivity contribution is 7.16. The summed E-state index contributed by atoms with van der Waals surface area (Å²) in [6, 6.07) is 20.0. The van der Waals surface area contributed by atoms with Crippen molar-refractivity contribution in [1.82, 2.24) is 10.3 Å². The third-order valence-electron chi connectivity index (χ3n) is 5.73. The Morgan fingerprint density at radius 2 is 1.71 bits per heavy atom. The molecule has 4 aromatic rings. The fourth-order valence-corrected chi connectivity index (χ4v) is 4.68. The van der Waals surface area contributed by atoms with Crippen molar-refractivity contribution in [2.75, 3.05) is 12.4 Å². The third kappa shape index (κ3) is 6.57. The van der Waals surface area contributed by atoms with Gasteiger partial charge in [-0.2, -0.15) is 13.2 Å². The van der Waals surface area contributed by atoms with Crippen LogP contribution in [-0.2, 0) is 22.1 Å². The minimum Gasteiger partial charge on any atom is -0.467 e. The van der Waals surface area contributed by atoms with E-state index in [4.69, 9.17) is 4.74 Å². The monoisotopic (exact) mass is 539 g/mol. The molecule has 38 heavy (non-hydrogen) atoms. The Morgan fingerprint density at radius 1 is 1.00 bits per heavy atom. The van der Waals surface area contributed by atoms with E-state index >= 15 is 0 Å². The molecule has 0 spiro atoms. The number of nitrogens with one attached hydrogen (secondary N) is 2. The van der Waals surface area contributed by atoms with Crippen LogP contribution in [0.3, 0.4) is 0 Å². The predicted molar refractivity (Wildman–Crippen MR) is 140 cm³/mol. The fourth-order valence-electron chi connectivity index (χ4n) is 3.82. The Labute approximate surface area is 221 Å². The van der Waals surface area contributed by atoms with Crippen LogP contribution in [0, 0.1) is 6.92 Å². The number of aromatic nitrogens is 1. The quantitative estimate of drug-likeness (QED) is 0.254. The van der Waals surface area contributed by atoms with Gasteiger partial charge in [-0.15, -0.1) is 11.3 Å². The summed E-state index contributed by atoms with van der Waals surface area (Å²) >= 11 is 1.34. The highest BCUT2D eigenvalue weighted by Crippen LogP contribution is 2.34. The lowest BCUT2D eigenvalue weighted by Crippen LogP contribution is -2.43. The maximum Gasteiger partial charge on any atom is 0.416 e. The Kier molecular flexibility index (Phi) is 8.11. The number of carbonyl (C=O) groups is 2. The number of halogens is 3. The first kappa shape index (κ1) is 26.9. The number of alkyl halides is 3. The topological polar surface area (TPSA) is 80.3 Å². The van der Waals surface area contributed by atoms with E-state index in [9.17, 15) is 22.8 Å². The van der Waals surface area contributed by atoms with Gasteiger partial charge in [-0.25, -0.2) is 9.78 Å². The first-order valence-corrected chi connectivity index (χ1v) is 12.4. The highest BCUT2D eigenvalue weighted by atomic mass is 32.1. The molecule has 2 N–H and O–H groups in total. The van der Waals surface area contributed by atoms with Crippen molar-refractivity contribution in [3.05, 3.63) is 100 Å². The van der Waals surface area contributed by atoms with E-state index in [0.29, 0.717) is 27.6 Å². The molecule has 1 atom stereocenters. The normalized spacial score (nSPS) is 12.0. The standard InChI is InChI=1S/C28H24F3N3O3S/c1-17-24(19-11-13-21(14-12-19)28(29,30)31)34-27(38-17)32-22-10-6-9-20(16-22)25(35)33-23(26(36)37-2)15-18-7-4-3-5-8-18/h3-14,16,23H,15H2,1-2H3,(H,32,34)(H,33,35). The van der Waals surface area contributed by atoms with E-state index in [-0.39, 0.29) is 6.42 Å². The van der Waals surface area contributed by atoms with Crippen LogP contribution in [0.5, 0.6) is 0 Å². The summed E-state index contributed by atoms with van der Waals surface area (Å²) in [5.41, 5.74) is 2.21. The van der Waals surface area contributed by atoms with Gasteiger partial charge >= 0.3 is 12.1 Å². The van der Waals surface area contributed by atoms with Gasteiger partial charge in [0.05, 0.1) is 18.4 Å². The Bertz CT molecular complexity index is 1420. The summed E-state index contributed by atoms with van der Waals surface area (Å²) in [6.45, 7) is 1.83. The molecule has 196 valence electrons. The van der Waals surface area contributed by atoms with E-state index in [1.165, 1.54) is 30.6 Å². The molecule has 0 fully saturated rings. The number of amides is 1. The van der Waals surface area contributed by atoms with E-state index in [2.05, 4.69) is 15.6 Å². The predicted octanol–water partition coefficient (Wildman–Crippen LogP) is 6.40. The lowest BCUT2D eigenvalue weighted by atomic mass is 10.1. The zero-order valence-corrected chi connectivity index (χ0v) is 21.3. The molecule has 1 amide bonds. The molecule has 0 aliphatic carbocycles. The number of nitrogens with zero attached hydrogens (tertiary/aromatic N) is 1. The van der Waals surface area contributed by atoms with Crippen molar-refractivity contribution < 1.29 is 27.5 Å². The minimum absolute atomic E-state index is 0.280. The number of methoxy groups -OCH3 is 1. The summed E-state index contributed by atoms with van der Waals surface area (Å²) in [5, 5.41) is 6.41. The van der Waals surface area contributed by atoms with E-state index in [1.54, 1.807) is 24.3 Å². The van der Waals surface area contributed by atoms with Gasteiger partial charge in [0.15, 0.2) is 5.13 Å². The minimum atomic E-state index is -4.40. The van der Waals surface area contributed by atoms with Crippen LogP contribution in [0.2, 0.25) is 0 Å². The second kappa shape index (κ2) is 11.5. The number of esters is 1. The largest absolute Gasteiger partial charge is 0.467 e. The Morgan fingerprint density at radius 3 is 2.37 bits per heavy atom. The highest BCUT2D eigenvalue weighted by Gasteiger charge is 2.30. The molecule has 1 heterocycles. The molecule has 10 heteroatoms. The summed E-state index contributed by atoms with van der Waals surface area (Å²) in [4.78, 5) is 30.6. The molecular weight excluding hydrogens is 515 g/mol. The zero-order chi connectivity index (χ0) is 27.3. The summed E-state index contributed by atoms with van der Waals surface area (Å²) in [5.74, 6) is -0.994. The number of thiazole rings is 1. The number of anilines is 2. The SMILES string of the molecule is COC(=O)C(Cc1ccccc1)NC(=O)c1cccc(Nc2nc(-c3ccc(C(F)(F)F)cc3)c(C)s2)c1. The molecule has 0 saturated carbocycles. The molecule has 0 bridgehead atoms. The Balaban J connectivity index is 1.48. The smallest absolute Gasteiger partial charge is 0.416 e. The van der Waals surface area contributed by atoms with Crippen LogP contribution in [0.4, 0.5) is 24.0 Å². The zero-order valence-electron chi connectivity index (χ0n) is 20.5. The molecule has 4 rings (SSSR count). The number of rotatable bonds is 8. The van der Waals surface area contributed by atoms with Crippen LogP contribution in [0.1, 0.15) is 26.4 Å². The van der Waals surface area contributed by atoms with Gasteiger partial charge in [0.2, 0.25) is 0 Å². The van der Waals surface area contributed by atoms with Crippen molar-refractivity contribution in [3.8, 4) is 11.3 Å². The third-order valence-corrected chi connectivity index (χ3v) is 6.62. The number of carbonyl (C=O) groups excluding carboxylic acids is 2. The summed E-state index contributed by atoms with van der Waals surface area (Å²) in [7, 11) is 1.27. The van der Waals surface area contributed by atoms with Crippen molar-refractivity contribution in [2.24, 2.45) is 0 Å². The maximum absolute atomic E-state index is 13.0. The lowest BCUT2D eigenvalue weighted by Gasteiger charge is -2.17. The maximum atomic E-state index is 13.0. The van der Waals surface area contributed by atoms with Gasteiger partial charge < -0.3 is 15.4 Å². The summed E-state index contributed by atoms with van der Waals surface area (Å²) in [6.07, 6.45) is -4.12.